The van der Waals surface area contributed by atoms with Crippen LogP contribution >= 0.6 is 11.3 Å². The summed E-state index contributed by atoms with van der Waals surface area (Å²) in [7, 11) is -7.69. The Morgan fingerprint density at radius 1 is 0.975 bits per heavy atom. The van der Waals surface area contributed by atoms with Gasteiger partial charge in [-0.1, -0.05) is 48.6 Å². The maximum Gasteiger partial charge on any atom is 0.279 e. The van der Waals surface area contributed by atoms with Crippen LogP contribution in [0.5, 0.6) is 0 Å². The Balaban J connectivity index is 1.65. The molecule has 0 bridgehead atoms. The molecule has 0 fully saturated rings. The number of aromatic nitrogens is 1. The summed E-state index contributed by atoms with van der Waals surface area (Å²) in [6, 6.07) is 19.5. The van der Waals surface area contributed by atoms with E-state index in [1.54, 1.807) is 17.6 Å². The molecule has 1 amide bonds. The lowest BCUT2D eigenvalue weighted by Crippen LogP contribution is -2.30. The van der Waals surface area contributed by atoms with Gasteiger partial charge in [-0.05, 0) is 55.0 Å². The third-order valence-corrected chi connectivity index (χ3v) is 10.0. The number of fused-ring (bicyclic) bond motifs is 1. The Labute approximate surface area is 237 Å². The molecule has 0 aliphatic heterocycles. The third-order valence-electron chi connectivity index (χ3n) is 6.14. The van der Waals surface area contributed by atoms with E-state index in [2.05, 4.69) is 4.99 Å². The molecule has 4 aromatic rings. The van der Waals surface area contributed by atoms with Crippen molar-refractivity contribution in [2.75, 3.05) is 19.8 Å². The first-order chi connectivity index (χ1) is 19.0. The number of rotatable bonds is 11. The number of sulfonamides is 2. The van der Waals surface area contributed by atoms with Crippen LogP contribution in [0.1, 0.15) is 29.8 Å². The van der Waals surface area contributed by atoms with E-state index in [0.717, 1.165) is 16.9 Å². The number of nitrogens with two attached hydrogens (primary N) is 1. The molecule has 40 heavy (non-hydrogen) atoms. The van der Waals surface area contributed by atoms with Crippen molar-refractivity contribution >= 4 is 47.5 Å². The van der Waals surface area contributed by atoms with E-state index >= 15 is 0 Å². The van der Waals surface area contributed by atoms with E-state index in [0.29, 0.717) is 34.8 Å². The van der Waals surface area contributed by atoms with Gasteiger partial charge < -0.3 is 9.30 Å². The Hall–Kier alpha value is -3.20. The van der Waals surface area contributed by atoms with Gasteiger partial charge in [0.1, 0.15) is 0 Å². The van der Waals surface area contributed by atoms with E-state index in [4.69, 9.17) is 9.88 Å². The minimum atomic E-state index is -3.90. The van der Waals surface area contributed by atoms with Gasteiger partial charge in [0.2, 0.25) is 20.0 Å². The lowest BCUT2D eigenvalue weighted by atomic mass is 10.2. The molecule has 0 aliphatic carbocycles. The summed E-state index contributed by atoms with van der Waals surface area (Å²) in [5.41, 5.74) is 1.77. The second-order valence-corrected chi connectivity index (χ2v) is 13.3. The van der Waals surface area contributed by atoms with Crippen molar-refractivity contribution in [1.29, 1.82) is 0 Å². The zero-order valence-corrected chi connectivity index (χ0v) is 24.5. The van der Waals surface area contributed by atoms with Crippen LogP contribution in [-0.4, -0.2) is 51.4 Å². The molecule has 2 N–H and O–H groups in total. The number of primary sulfonamides is 1. The van der Waals surface area contributed by atoms with Gasteiger partial charge in [0.25, 0.3) is 5.91 Å². The number of carbonyl (C=O) groups is 1. The van der Waals surface area contributed by atoms with Crippen LogP contribution in [0.15, 0.2) is 87.6 Å². The topological polar surface area (TPSA) is 141 Å². The van der Waals surface area contributed by atoms with Crippen LogP contribution < -0.4 is 9.94 Å². The first-order valence-electron chi connectivity index (χ1n) is 12.5. The molecule has 10 nitrogen and oxygen atoms in total. The highest BCUT2D eigenvalue weighted by Gasteiger charge is 2.23. The lowest BCUT2D eigenvalue weighted by Gasteiger charge is -2.20. The highest BCUT2D eigenvalue weighted by Crippen LogP contribution is 2.22. The summed E-state index contributed by atoms with van der Waals surface area (Å²) in [4.78, 5) is 17.8. The van der Waals surface area contributed by atoms with Gasteiger partial charge in [-0.15, -0.1) is 0 Å². The molecule has 1 heterocycles. The quantitative estimate of drug-likeness (QED) is 0.261. The van der Waals surface area contributed by atoms with Crippen molar-refractivity contribution in [3.05, 3.63) is 88.7 Å². The molecule has 0 spiro atoms. The molecule has 3 aromatic carbocycles. The van der Waals surface area contributed by atoms with Crippen molar-refractivity contribution in [2.45, 2.75) is 36.7 Å². The fraction of sp³-hybridized carbons (Fsp3) is 0.259. The van der Waals surface area contributed by atoms with Gasteiger partial charge >= 0.3 is 0 Å². The fourth-order valence-corrected chi connectivity index (χ4v) is 7.20. The van der Waals surface area contributed by atoms with Crippen LogP contribution in [0.3, 0.4) is 0 Å². The van der Waals surface area contributed by atoms with Crippen LogP contribution in [0.25, 0.3) is 10.2 Å². The monoisotopic (exact) mass is 602 g/mol. The minimum Gasteiger partial charge on any atom is -0.380 e. The Morgan fingerprint density at radius 3 is 2.27 bits per heavy atom. The molecule has 0 saturated heterocycles. The number of carbonyl (C=O) groups excluding carboxylic acids is 1. The second-order valence-electron chi connectivity index (χ2n) is 8.77. The van der Waals surface area contributed by atoms with Gasteiger partial charge in [0, 0.05) is 31.8 Å². The predicted octanol–water partition coefficient (Wildman–Crippen LogP) is 3.34. The standard InChI is InChI=1S/C27H30N4O6S3/c1-3-30(19-20-8-6-5-7-9-20)40(35,36)22-12-10-21(11-13-22)26(32)29-27-31(16-17-37-4-2)24-15-14-23(39(28,33)34)18-25(24)38-27/h5-15,18H,3-4,16-17,19H2,1-2H3,(H2,28,33,34). The van der Waals surface area contributed by atoms with Gasteiger partial charge in [-0.25, -0.2) is 22.0 Å². The molecule has 4 rings (SSSR count). The SMILES string of the molecule is CCOCCn1c(=NC(=O)c2ccc(S(=O)(=O)N(CC)Cc3ccccc3)cc2)sc2cc(S(N)(=O)=O)ccc21. The molecule has 212 valence electrons. The van der Waals surface area contributed by atoms with Crippen molar-refractivity contribution in [3.8, 4) is 0 Å². The molecule has 0 atom stereocenters. The summed E-state index contributed by atoms with van der Waals surface area (Å²) < 4.78 is 59.4. The molecule has 0 aliphatic rings. The fourth-order valence-electron chi connectivity index (χ4n) is 4.06. The maximum atomic E-state index is 13.3. The van der Waals surface area contributed by atoms with Crippen LogP contribution in [0.4, 0.5) is 0 Å². The highest BCUT2D eigenvalue weighted by atomic mass is 32.2. The van der Waals surface area contributed by atoms with Crippen molar-refractivity contribution < 1.29 is 26.4 Å². The molecule has 1 aromatic heterocycles. The van der Waals surface area contributed by atoms with Crippen molar-refractivity contribution in [2.24, 2.45) is 10.1 Å². The number of amides is 1. The minimum absolute atomic E-state index is 0.0405. The number of hydrogen-bond acceptors (Lipinski definition) is 7. The molecule has 0 saturated carbocycles. The predicted molar refractivity (Wildman–Crippen MR) is 154 cm³/mol. The third kappa shape index (κ3) is 6.74. The zero-order chi connectivity index (χ0) is 28.9. The number of ether oxygens (including phenoxy) is 1. The molecular weight excluding hydrogens is 573 g/mol. The summed E-state index contributed by atoms with van der Waals surface area (Å²) in [5.74, 6) is -0.566. The zero-order valence-electron chi connectivity index (χ0n) is 22.1. The second kappa shape index (κ2) is 12.5. The normalized spacial score (nSPS) is 12.8. The Morgan fingerprint density at radius 2 is 1.65 bits per heavy atom. The summed E-state index contributed by atoms with van der Waals surface area (Å²) in [5, 5.41) is 5.28. The van der Waals surface area contributed by atoms with E-state index in [1.165, 1.54) is 40.7 Å². The summed E-state index contributed by atoms with van der Waals surface area (Å²) in [6.07, 6.45) is 0. The average Bonchev–Trinajstić information content (AvgIpc) is 3.28. The molecule has 13 heteroatoms. The first kappa shape index (κ1) is 29.8. The number of hydrogen-bond donors (Lipinski definition) is 1. The van der Waals surface area contributed by atoms with Crippen molar-refractivity contribution in [3.63, 3.8) is 0 Å². The summed E-state index contributed by atoms with van der Waals surface area (Å²) in [6.45, 7) is 5.43. The van der Waals surface area contributed by atoms with E-state index < -0.39 is 26.0 Å². The van der Waals surface area contributed by atoms with E-state index in [-0.39, 0.29) is 28.4 Å². The smallest absolute Gasteiger partial charge is 0.279 e. The van der Waals surface area contributed by atoms with Gasteiger partial charge in [-0.3, -0.25) is 4.79 Å². The summed E-state index contributed by atoms with van der Waals surface area (Å²) >= 11 is 1.15. The van der Waals surface area contributed by atoms with Gasteiger partial charge in [0.15, 0.2) is 4.80 Å². The van der Waals surface area contributed by atoms with Gasteiger partial charge in [-0.2, -0.15) is 9.30 Å². The maximum absolute atomic E-state index is 13.3. The highest BCUT2D eigenvalue weighted by molar-refractivity contribution is 7.89. The number of benzene rings is 3. The molecule has 0 radical (unpaired) electrons. The van der Waals surface area contributed by atoms with E-state index in [9.17, 15) is 21.6 Å². The average molecular weight is 603 g/mol. The van der Waals surface area contributed by atoms with E-state index in [1.807, 2.05) is 37.3 Å². The van der Waals surface area contributed by atoms with Crippen LogP contribution in [-0.2, 0) is 37.9 Å². The number of nitrogens with zero attached hydrogens (tertiary/aromatic N) is 3. The van der Waals surface area contributed by atoms with Crippen LogP contribution in [0, 0.1) is 0 Å². The molecule has 0 unspecified atom stereocenters. The Bertz CT molecular complexity index is 1780. The van der Waals surface area contributed by atoms with Gasteiger partial charge in [0.05, 0.1) is 26.6 Å². The largest absolute Gasteiger partial charge is 0.380 e. The number of thiazole rings is 1. The lowest BCUT2D eigenvalue weighted by molar-refractivity contribution is 0.0996. The Kier molecular flexibility index (Phi) is 9.33. The van der Waals surface area contributed by atoms with Crippen molar-refractivity contribution in [1.82, 2.24) is 8.87 Å². The van der Waals surface area contributed by atoms with Crippen LogP contribution in [0.2, 0.25) is 0 Å². The molecular formula is C27H30N4O6S3. The first-order valence-corrected chi connectivity index (χ1v) is 16.3.